The van der Waals surface area contributed by atoms with E-state index in [4.69, 9.17) is 9.47 Å². The zero-order valence-corrected chi connectivity index (χ0v) is 13.9. The van der Waals surface area contributed by atoms with Gasteiger partial charge in [-0.2, -0.15) is 0 Å². The van der Waals surface area contributed by atoms with E-state index in [1.165, 1.54) is 0 Å². The molecule has 1 heterocycles. The van der Waals surface area contributed by atoms with Gasteiger partial charge in [-0.1, -0.05) is 6.07 Å². The van der Waals surface area contributed by atoms with Crippen molar-refractivity contribution in [3.63, 3.8) is 0 Å². The van der Waals surface area contributed by atoms with Gasteiger partial charge in [0, 0.05) is 19.2 Å². The SMILES string of the molecule is CCNc1nc(Cc2ccc(OC)c(OC)c2)ncc1Br. The first-order chi connectivity index (χ1) is 10.2. The Labute approximate surface area is 132 Å². The van der Waals surface area contributed by atoms with Crippen LogP contribution in [0.5, 0.6) is 11.5 Å². The number of rotatable bonds is 6. The van der Waals surface area contributed by atoms with Crippen LogP contribution in [0.15, 0.2) is 28.9 Å². The second kappa shape index (κ2) is 7.26. The predicted molar refractivity (Wildman–Crippen MR) is 86.2 cm³/mol. The molecule has 1 aromatic carbocycles. The van der Waals surface area contributed by atoms with Crippen LogP contribution in [0.25, 0.3) is 0 Å². The van der Waals surface area contributed by atoms with Crippen LogP contribution in [-0.4, -0.2) is 30.7 Å². The van der Waals surface area contributed by atoms with Crippen molar-refractivity contribution in [1.29, 1.82) is 0 Å². The first-order valence-corrected chi connectivity index (χ1v) is 7.43. The molecule has 0 radical (unpaired) electrons. The van der Waals surface area contributed by atoms with E-state index in [0.29, 0.717) is 17.9 Å². The number of hydrogen-bond acceptors (Lipinski definition) is 5. The highest BCUT2D eigenvalue weighted by molar-refractivity contribution is 9.10. The lowest BCUT2D eigenvalue weighted by Gasteiger charge is -2.10. The van der Waals surface area contributed by atoms with Gasteiger partial charge in [0.25, 0.3) is 0 Å². The van der Waals surface area contributed by atoms with Crippen LogP contribution >= 0.6 is 15.9 Å². The summed E-state index contributed by atoms with van der Waals surface area (Å²) in [4.78, 5) is 8.86. The number of nitrogens with one attached hydrogen (secondary N) is 1. The number of anilines is 1. The van der Waals surface area contributed by atoms with Gasteiger partial charge in [-0.15, -0.1) is 0 Å². The van der Waals surface area contributed by atoms with Gasteiger partial charge in [0.15, 0.2) is 11.5 Å². The Bertz CT molecular complexity index is 620. The maximum Gasteiger partial charge on any atom is 0.161 e. The summed E-state index contributed by atoms with van der Waals surface area (Å²) in [5.74, 6) is 2.98. The van der Waals surface area contributed by atoms with E-state index in [-0.39, 0.29) is 0 Å². The van der Waals surface area contributed by atoms with E-state index in [2.05, 4.69) is 31.2 Å². The number of aromatic nitrogens is 2. The lowest BCUT2D eigenvalue weighted by molar-refractivity contribution is 0.354. The summed E-state index contributed by atoms with van der Waals surface area (Å²) < 4.78 is 11.4. The molecule has 0 unspecified atom stereocenters. The molecule has 0 aliphatic heterocycles. The maximum atomic E-state index is 5.31. The molecule has 2 aromatic rings. The van der Waals surface area contributed by atoms with Crippen LogP contribution in [0.4, 0.5) is 5.82 Å². The molecule has 0 aliphatic carbocycles. The highest BCUT2D eigenvalue weighted by atomic mass is 79.9. The van der Waals surface area contributed by atoms with E-state index >= 15 is 0 Å². The first-order valence-electron chi connectivity index (χ1n) is 6.64. The largest absolute Gasteiger partial charge is 0.493 e. The molecule has 0 spiro atoms. The molecule has 0 bridgehead atoms. The number of nitrogens with zero attached hydrogens (tertiary/aromatic N) is 2. The molecule has 0 fully saturated rings. The van der Waals surface area contributed by atoms with Crippen molar-refractivity contribution in [2.45, 2.75) is 13.3 Å². The molecule has 2 rings (SSSR count). The fourth-order valence-electron chi connectivity index (χ4n) is 1.95. The zero-order valence-electron chi connectivity index (χ0n) is 12.3. The van der Waals surface area contributed by atoms with E-state index < -0.39 is 0 Å². The molecule has 6 heteroatoms. The molecule has 0 saturated carbocycles. The Morgan fingerprint density at radius 1 is 1.19 bits per heavy atom. The Morgan fingerprint density at radius 3 is 2.62 bits per heavy atom. The van der Waals surface area contributed by atoms with Crippen molar-refractivity contribution in [3.8, 4) is 11.5 Å². The number of halogens is 1. The smallest absolute Gasteiger partial charge is 0.161 e. The number of hydrogen-bond donors (Lipinski definition) is 1. The van der Waals surface area contributed by atoms with Gasteiger partial charge in [0.2, 0.25) is 0 Å². The monoisotopic (exact) mass is 351 g/mol. The van der Waals surface area contributed by atoms with Gasteiger partial charge >= 0.3 is 0 Å². The minimum absolute atomic E-state index is 0.631. The summed E-state index contributed by atoms with van der Waals surface area (Å²) in [6.45, 7) is 2.84. The van der Waals surface area contributed by atoms with Crippen LogP contribution < -0.4 is 14.8 Å². The standard InChI is InChI=1S/C15H18BrN3O2/c1-4-17-15-11(16)9-18-14(19-15)8-10-5-6-12(20-2)13(7-10)21-3/h5-7,9H,4,8H2,1-3H3,(H,17,18,19). The van der Waals surface area contributed by atoms with E-state index in [1.54, 1.807) is 20.4 Å². The summed E-state index contributed by atoms with van der Waals surface area (Å²) >= 11 is 3.43. The average molecular weight is 352 g/mol. The predicted octanol–water partition coefficient (Wildman–Crippen LogP) is 3.28. The van der Waals surface area contributed by atoms with Gasteiger partial charge in [0.05, 0.1) is 18.7 Å². The lowest BCUT2D eigenvalue weighted by atomic mass is 10.1. The van der Waals surface area contributed by atoms with Gasteiger partial charge < -0.3 is 14.8 Å². The Morgan fingerprint density at radius 2 is 1.95 bits per heavy atom. The Kier molecular flexibility index (Phi) is 5.38. The third-order valence-electron chi connectivity index (χ3n) is 2.95. The van der Waals surface area contributed by atoms with Crippen molar-refractivity contribution in [2.75, 3.05) is 26.1 Å². The molecule has 0 saturated heterocycles. The third-order valence-corrected chi connectivity index (χ3v) is 3.53. The third kappa shape index (κ3) is 3.85. The zero-order chi connectivity index (χ0) is 15.2. The van der Waals surface area contributed by atoms with Crippen molar-refractivity contribution in [2.24, 2.45) is 0 Å². The minimum atomic E-state index is 0.631. The van der Waals surface area contributed by atoms with Crippen LogP contribution in [0.1, 0.15) is 18.3 Å². The summed E-state index contributed by atoms with van der Waals surface area (Å²) in [7, 11) is 3.25. The molecule has 0 atom stereocenters. The molecular weight excluding hydrogens is 334 g/mol. The summed E-state index contributed by atoms with van der Waals surface area (Å²) in [5.41, 5.74) is 1.07. The van der Waals surface area contributed by atoms with Crippen molar-refractivity contribution >= 4 is 21.7 Å². The second-order valence-electron chi connectivity index (χ2n) is 4.38. The lowest BCUT2D eigenvalue weighted by Crippen LogP contribution is -2.05. The van der Waals surface area contributed by atoms with Gasteiger partial charge in [-0.25, -0.2) is 9.97 Å². The molecule has 112 valence electrons. The quantitative estimate of drug-likeness (QED) is 0.865. The second-order valence-corrected chi connectivity index (χ2v) is 5.23. The summed E-state index contributed by atoms with van der Waals surface area (Å²) in [5, 5.41) is 3.20. The number of benzene rings is 1. The van der Waals surface area contributed by atoms with Crippen LogP contribution in [-0.2, 0) is 6.42 Å². The van der Waals surface area contributed by atoms with E-state index in [9.17, 15) is 0 Å². The van der Waals surface area contributed by atoms with Crippen molar-refractivity contribution in [1.82, 2.24) is 9.97 Å². The topological polar surface area (TPSA) is 56.3 Å². The maximum absolute atomic E-state index is 5.31. The fraction of sp³-hybridized carbons (Fsp3) is 0.333. The molecule has 0 amide bonds. The van der Waals surface area contributed by atoms with Crippen LogP contribution in [0, 0.1) is 0 Å². The fourth-order valence-corrected chi connectivity index (χ4v) is 2.28. The van der Waals surface area contributed by atoms with Crippen LogP contribution in [0.2, 0.25) is 0 Å². The molecule has 1 aromatic heterocycles. The summed E-state index contributed by atoms with van der Waals surface area (Å²) in [6, 6.07) is 5.81. The Balaban J connectivity index is 2.23. The molecule has 21 heavy (non-hydrogen) atoms. The number of ether oxygens (including phenoxy) is 2. The average Bonchev–Trinajstić information content (AvgIpc) is 2.50. The normalized spacial score (nSPS) is 10.3. The molecule has 5 nitrogen and oxygen atoms in total. The molecular formula is C15H18BrN3O2. The highest BCUT2D eigenvalue weighted by Crippen LogP contribution is 2.28. The number of methoxy groups -OCH3 is 2. The van der Waals surface area contributed by atoms with Gasteiger partial charge in [0.1, 0.15) is 11.6 Å². The molecule has 1 N–H and O–H groups in total. The Hall–Kier alpha value is -1.82. The highest BCUT2D eigenvalue weighted by Gasteiger charge is 2.08. The van der Waals surface area contributed by atoms with E-state index in [1.807, 2.05) is 25.1 Å². The van der Waals surface area contributed by atoms with E-state index in [0.717, 1.165) is 28.2 Å². The van der Waals surface area contributed by atoms with Crippen molar-refractivity contribution in [3.05, 3.63) is 40.3 Å². The molecule has 0 aliphatic rings. The summed E-state index contributed by atoms with van der Waals surface area (Å²) in [6.07, 6.45) is 2.40. The first kappa shape index (κ1) is 15.6. The van der Waals surface area contributed by atoms with Gasteiger partial charge in [-0.3, -0.25) is 0 Å². The van der Waals surface area contributed by atoms with Gasteiger partial charge in [-0.05, 0) is 40.5 Å². The van der Waals surface area contributed by atoms with Crippen LogP contribution in [0.3, 0.4) is 0 Å². The minimum Gasteiger partial charge on any atom is -0.493 e. The van der Waals surface area contributed by atoms with Crippen molar-refractivity contribution < 1.29 is 9.47 Å².